The fraction of sp³-hybridized carbons (Fsp3) is 0.941. The second-order valence-electron chi connectivity index (χ2n) is 8.45. The fourth-order valence-electron chi connectivity index (χ4n) is 5.25. The Morgan fingerprint density at radius 2 is 1.76 bits per heavy atom. The summed E-state index contributed by atoms with van der Waals surface area (Å²) in [6, 6.07) is 1.60. The largest absolute Gasteiger partial charge is 0.481 e. The number of nitrogens with zero attached hydrogens (tertiary/aromatic N) is 1. The molecule has 3 atom stereocenters. The minimum atomic E-state index is -0.640. The van der Waals surface area contributed by atoms with Gasteiger partial charge in [-0.2, -0.15) is 0 Å². The van der Waals surface area contributed by atoms with E-state index in [0.717, 1.165) is 19.3 Å². The van der Waals surface area contributed by atoms with Gasteiger partial charge in [0.25, 0.3) is 0 Å². The Hall–Kier alpha value is -0.610. The van der Waals surface area contributed by atoms with Gasteiger partial charge in [-0.3, -0.25) is 9.69 Å². The summed E-state index contributed by atoms with van der Waals surface area (Å²) in [6.45, 7) is 8.81. The lowest BCUT2D eigenvalue weighted by molar-refractivity contribution is -0.139. The van der Waals surface area contributed by atoms with Crippen molar-refractivity contribution in [3.63, 3.8) is 0 Å². The highest BCUT2D eigenvalue weighted by molar-refractivity contribution is 5.67. The molecule has 0 spiro atoms. The highest BCUT2D eigenvalue weighted by Gasteiger charge is 2.54. The van der Waals surface area contributed by atoms with E-state index in [0.29, 0.717) is 30.5 Å². The van der Waals surface area contributed by atoms with Gasteiger partial charge in [-0.05, 0) is 65.7 Å². The Labute approximate surface area is 127 Å². The van der Waals surface area contributed by atoms with Crippen molar-refractivity contribution in [2.45, 2.75) is 95.5 Å². The zero-order valence-corrected chi connectivity index (χ0v) is 13.8. The Balaban J connectivity index is 1.75. The Morgan fingerprint density at radius 3 is 2.19 bits per heavy atom. The molecule has 3 rings (SSSR count). The quantitative estimate of drug-likeness (QED) is 0.869. The van der Waals surface area contributed by atoms with Gasteiger partial charge in [0, 0.05) is 24.5 Å². The van der Waals surface area contributed by atoms with Gasteiger partial charge in [-0.15, -0.1) is 0 Å². The van der Waals surface area contributed by atoms with Crippen LogP contribution >= 0.6 is 0 Å². The maximum Gasteiger partial charge on any atom is 0.303 e. The summed E-state index contributed by atoms with van der Waals surface area (Å²) in [4.78, 5) is 13.7. The van der Waals surface area contributed by atoms with Crippen LogP contribution in [0.1, 0.15) is 66.2 Å². The summed E-state index contributed by atoms with van der Waals surface area (Å²) in [5, 5.41) is 9.05. The molecule has 0 radical (unpaired) electrons. The summed E-state index contributed by atoms with van der Waals surface area (Å²) in [5.74, 6) is -0.270. The van der Waals surface area contributed by atoms with Crippen molar-refractivity contribution in [2.75, 3.05) is 0 Å². The second-order valence-corrected chi connectivity index (χ2v) is 8.45. The van der Waals surface area contributed by atoms with Gasteiger partial charge in [-0.25, -0.2) is 0 Å². The highest BCUT2D eigenvalue weighted by Crippen LogP contribution is 2.48. The van der Waals surface area contributed by atoms with Crippen LogP contribution in [0.25, 0.3) is 0 Å². The van der Waals surface area contributed by atoms with Gasteiger partial charge in [0.1, 0.15) is 0 Å². The van der Waals surface area contributed by atoms with Gasteiger partial charge in [0.05, 0.1) is 11.2 Å². The van der Waals surface area contributed by atoms with Crippen LogP contribution in [0.4, 0.5) is 0 Å². The molecule has 0 aliphatic carbocycles. The van der Waals surface area contributed by atoms with Gasteiger partial charge in [0.15, 0.2) is 0 Å². The summed E-state index contributed by atoms with van der Waals surface area (Å²) < 4.78 is 6.28. The SMILES string of the molecule is CC1(C)CC(N2C3CCC2CC(CC(=O)O)C3)C(C)(C)O1. The third kappa shape index (κ3) is 2.85. The van der Waals surface area contributed by atoms with E-state index in [1.54, 1.807) is 0 Å². The van der Waals surface area contributed by atoms with Crippen LogP contribution < -0.4 is 0 Å². The number of ether oxygens (including phenoxy) is 1. The zero-order chi connectivity index (χ0) is 15.4. The molecule has 3 heterocycles. The van der Waals surface area contributed by atoms with E-state index in [2.05, 4.69) is 32.6 Å². The zero-order valence-electron chi connectivity index (χ0n) is 13.8. The minimum Gasteiger partial charge on any atom is -0.481 e. The molecule has 21 heavy (non-hydrogen) atoms. The van der Waals surface area contributed by atoms with Crippen molar-refractivity contribution >= 4 is 5.97 Å². The first-order chi connectivity index (χ1) is 9.68. The summed E-state index contributed by atoms with van der Waals surface area (Å²) in [5.41, 5.74) is -0.157. The highest BCUT2D eigenvalue weighted by atomic mass is 16.5. The van der Waals surface area contributed by atoms with Gasteiger partial charge in [-0.1, -0.05) is 0 Å². The third-order valence-electron chi connectivity index (χ3n) is 5.74. The van der Waals surface area contributed by atoms with E-state index in [1.807, 2.05) is 0 Å². The molecule has 4 heteroatoms. The van der Waals surface area contributed by atoms with Crippen LogP contribution in [0.5, 0.6) is 0 Å². The monoisotopic (exact) mass is 295 g/mol. The molecule has 120 valence electrons. The third-order valence-corrected chi connectivity index (χ3v) is 5.74. The molecule has 2 bridgehead atoms. The van der Waals surface area contributed by atoms with Crippen LogP contribution in [-0.2, 0) is 9.53 Å². The lowest BCUT2D eigenvalue weighted by Crippen LogP contribution is -2.54. The first-order valence-electron chi connectivity index (χ1n) is 8.37. The molecular formula is C17H29NO3. The number of carbonyl (C=O) groups is 1. The van der Waals surface area contributed by atoms with E-state index in [-0.39, 0.29) is 11.2 Å². The molecular weight excluding hydrogens is 266 g/mol. The summed E-state index contributed by atoms with van der Waals surface area (Å²) in [6.07, 6.45) is 5.99. The summed E-state index contributed by atoms with van der Waals surface area (Å²) in [7, 11) is 0. The van der Waals surface area contributed by atoms with Crippen molar-refractivity contribution in [1.82, 2.24) is 4.90 Å². The average molecular weight is 295 g/mol. The van der Waals surface area contributed by atoms with Crippen LogP contribution in [0.2, 0.25) is 0 Å². The molecule has 3 saturated heterocycles. The number of carboxylic acids is 1. The molecule has 0 aromatic rings. The van der Waals surface area contributed by atoms with Crippen molar-refractivity contribution in [1.29, 1.82) is 0 Å². The van der Waals surface area contributed by atoms with Crippen molar-refractivity contribution in [3.05, 3.63) is 0 Å². The fourth-order valence-corrected chi connectivity index (χ4v) is 5.25. The number of hydrogen-bond donors (Lipinski definition) is 1. The first-order valence-corrected chi connectivity index (χ1v) is 8.37. The van der Waals surface area contributed by atoms with Crippen molar-refractivity contribution < 1.29 is 14.6 Å². The molecule has 3 fully saturated rings. The maximum absolute atomic E-state index is 11.0. The van der Waals surface area contributed by atoms with Crippen LogP contribution in [0, 0.1) is 5.92 Å². The number of carboxylic acid groups (broad SMARTS) is 1. The topological polar surface area (TPSA) is 49.8 Å². The summed E-state index contributed by atoms with van der Waals surface area (Å²) >= 11 is 0. The molecule has 3 unspecified atom stereocenters. The Morgan fingerprint density at radius 1 is 1.19 bits per heavy atom. The minimum absolute atomic E-state index is 0.0501. The van der Waals surface area contributed by atoms with Gasteiger partial charge < -0.3 is 9.84 Å². The normalized spacial score (nSPS) is 41.3. The molecule has 0 aromatic heterocycles. The van der Waals surface area contributed by atoms with Crippen LogP contribution in [-0.4, -0.2) is 45.3 Å². The van der Waals surface area contributed by atoms with E-state index >= 15 is 0 Å². The smallest absolute Gasteiger partial charge is 0.303 e. The Bertz CT molecular complexity index is 418. The predicted molar refractivity (Wildman–Crippen MR) is 81.3 cm³/mol. The molecule has 4 nitrogen and oxygen atoms in total. The van der Waals surface area contributed by atoms with Crippen LogP contribution in [0.15, 0.2) is 0 Å². The average Bonchev–Trinajstić information content (AvgIpc) is 2.67. The van der Waals surface area contributed by atoms with E-state index in [9.17, 15) is 4.79 Å². The predicted octanol–water partition coefficient (Wildman–Crippen LogP) is 3.05. The molecule has 0 aromatic carbocycles. The number of rotatable bonds is 3. The van der Waals surface area contributed by atoms with Gasteiger partial charge >= 0.3 is 5.97 Å². The second kappa shape index (κ2) is 4.95. The first kappa shape index (κ1) is 15.3. The number of fused-ring (bicyclic) bond motifs is 2. The van der Waals surface area contributed by atoms with Crippen molar-refractivity contribution in [2.24, 2.45) is 5.92 Å². The number of aliphatic carboxylic acids is 1. The number of hydrogen-bond acceptors (Lipinski definition) is 3. The Kier molecular flexibility index (Phi) is 3.61. The van der Waals surface area contributed by atoms with E-state index < -0.39 is 5.97 Å². The van der Waals surface area contributed by atoms with E-state index in [4.69, 9.17) is 9.84 Å². The lowest BCUT2D eigenvalue weighted by Gasteiger charge is -2.45. The van der Waals surface area contributed by atoms with Crippen LogP contribution in [0.3, 0.4) is 0 Å². The molecule has 0 amide bonds. The molecule has 3 aliphatic rings. The lowest BCUT2D eigenvalue weighted by atomic mass is 9.84. The van der Waals surface area contributed by atoms with Gasteiger partial charge in [0.2, 0.25) is 0 Å². The van der Waals surface area contributed by atoms with E-state index in [1.165, 1.54) is 12.8 Å². The molecule has 1 N–H and O–H groups in total. The number of piperidine rings is 1. The van der Waals surface area contributed by atoms with Crippen molar-refractivity contribution in [3.8, 4) is 0 Å². The molecule has 3 aliphatic heterocycles. The molecule has 0 saturated carbocycles. The maximum atomic E-state index is 11.0. The standard InChI is InChI=1S/C17H29NO3/c1-16(2)10-14(17(3,4)21-16)18-12-5-6-13(18)8-11(7-12)9-15(19)20/h11-14H,5-10H2,1-4H3,(H,19,20).